The average molecular weight is 1000 g/mol. The molecule has 0 bridgehead atoms. The molecule has 63 heavy (non-hydrogen) atoms. The zero-order valence-corrected chi connectivity index (χ0v) is 39.3. The van der Waals surface area contributed by atoms with E-state index in [1.807, 2.05) is 0 Å². The first-order valence-electron chi connectivity index (χ1n) is 21.5. The Hall–Kier alpha value is -6.36. The van der Waals surface area contributed by atoms with Gasteiger partial charge in [-0.05, 0) is 84.1 Å². The Morgan fingerprint density at radius 2 is 1.38 bits per heavy atom. The van der Waals surface area contributed by atoms with Gasteiger partial charge in [-0.2, -0.15) is 0 Å². The van der Waals surface area contributed by atoms with E-state index in [4.69, 9.17) is 15.0 Å². The van der Waals surface area contributed by atoms with Gasteiger partial charge in [-0.25, -0.2) is 9.97 Å². The number of benzene rings is 7. The third-order valence-corrected chi connectivity index (χ3v) is 13.1. The molecule has 0 saturated heterocycles. The minimum Gasteiger partial charge on any atom is -0.507 e. The molecule has 0 aliphatic rings. The van der Waals surface area contributed by atoms with Crippen molar-refractivity contribution < 1.29 is 26.2 Å². The van der Waals surface area contributed by atoms with Crippen LogP contribution >= 0.6 is 0 Å². The van der Waals surface area contributed by atoms with Crippen LogP contribution in [0.4, 0.5) is 0 Å². The van der Waals surface area contributed by atoms with Gasteiger partial charge in [0.1, 0.15) is 17.9 Å². The van der Waals surface area contributed by atoms with E-state index in [2.05, 4.69) is 193 Å². The third-order valence-electron chi connectivity index (χ3n) is 13.1. The molecule has 0 unspecified atom stereocenters. The van der Waals surface area contributed by atoms with Crippen molar-refractivity contribution in [2.45, 2.75) is 73.1 Å². The largest absolute Gasteiger partial charge is 0.507 e. The molecule has 4 aromatic heterocycles. The second-order valence-corrected chi connectivity index (χ2v) is 19.1. The van der Waals surface area contributed by atoms with E-state index in [9.17, 15) is 5.11 Å². The molecular formula is C56H48N5OPt-. The Bertz CT molecular complexity index is 3640. The first-order chi connectivity index (χ1) is 29.7. The quantitative estimate of drug-likeness (QED) is 0.108. The number of phenols is 1. The number of rotatable bonds is 4. The summed E-state index contributed by atoms with van der Waals surface area (Å²) in [5.74, 6) is 0.926. The van der Waals surface area contributed by atoms with Gasteiger partial charge in [0.2, 0.25) is 0 Å². The van der Waals surface area contributed by atoms with Crippen LogP contribution in [0.2, 0.25) is 0 Å². The van der Waals surface area contributed by atoms with Gasteiger partial charge >= 0.3 is 0 Å². The van der Waals surface area contributed by atoms with Crippen LogP contribution in [0.5, 0.6) is 5.75 Å². The number of aryl methyl sites for hydroxylation is 3. The SMILES string of the molecule is Cc1ccc(-n2c(-c3cc(C(C)(C)C)cc(C(C)(C)C)c3O)nc3c(-c4[c-]c5c6ncnc7ccc8c(C)c(C)n(c5c5ccccc45)c8c76)cccc32)c(-c2ccccc2)c1.[Pt]. The number of aromatic nitrogens is 5. The van der Waals surface area contributed by atoms with Crippen molar-refractivity contribution in [1.82, 2.24) is 23.9 Å². The van der Waals surface area contributed by atoms with E-state index in [0.29, 0.717) is 11.4 Å². The number of aromatic hydroxyl groups is 1. The Morgan fingerprint density at radius 3 is 2.13 bits per heavy atom. The van der Waals surface area contributed by atoms with Crippen molar-refractivity contribution in [3.63, 3.8) is 0 Å². The van der Waals surface area contributed by atoms with Crippen LogP contribution in [0.3, 0.4) is 0 Å². The van der Waals surface area contributed by atoms with Crippen LogP contribution in [0, 0.1) is 26.8 Å². The zero-order chi connectivity index (χ0) is 43.0. The van der Waals surface area contributed by atoms with Crippen molar-refractivity contribution in [3.05, 3.63) is 156 Å². The van der Waals surface area contributed by atoms with Gasteiger partial charge in [-0.1, -0.05) is 154 Å². The van der Waals surface area contributed by atoms with Crippen LogP contribution in [-0.4, -0.2) is 29.0 Å². The maximum Gasteiger partial charge on any atom is 0.148 e. The molecule has 4 heterocycles. The van der Waals surface area contributed by atoms with E-state index in [0.717, 1.165) is 99.3 Å². The van der Waals surface area contributed by atoms with Crippen molar-refractivity contribution in [3.8, 4) is 45.1 Å². The molecule has 0 spiro atoms. The Balaban J connectivity index is 0.00000471. The summed E-state index contributed by atoms with van der Waals surface area (Å²) in [5.41, 5.74) is 16.7. The molecular weight excluding hydrogens is 954 g/mol. The van der Waals surface area contributed by atoms with Crippen LogP contribution in [-0.2, 0) is 31.9 Å². The predicted octanol–water partition coefficient (Wildman–Crippen LogP) is 14.1. The van der Waals surface area contributed by atoms with Crippen LogP contribution in [0.15, 0.2) is 122 Å². The first kappa shape index (κ1) is 40.7. The zero-order valence-electron chi connectivity index (χ0n) is 37.0. The molecule has 11 aromatic rings. The monoisotopic (exact) mass is 1000 g/mol. The van der Waals surface area contributed by atoms with Gasteiger partial charge in [0.15, 0.2) is 0 Å². The number of pyridine rings is 1. The molecule has 0 aliphatic carbocycles. The summed E-state index contributed by atoms with van der Waals surface area (Å²) in [6.07, 6.45) is 1.68. The van der Waals surface area contributed by atoms with E-state index in [-0.39, 0.29) is 37.6 Å². The van der Waals surface area contributed by atoms with Crippen LogP contribution in [0.25, 0.3) is 99.4 Å². The van der Waals surface area contributed by atoms with E-state index < -0.39 is 0 Å². The summed E-state index contributed by atoms with van der Waals surface area (Å²) in [6.45, 7) is 19.7. The maximum absolute atomic E-state index is 12.5. The topological polar surface area (TPSA) is 68.2 Å². The molecule has 1 N–H and O–H groups in total. The molecule has 0 radical (unpaired) electrons. The normalized spacial score (nSPS) is 12.5. The molecule has 11 rings (SSSR count). The number of phenolic OH excluding ortho intramolecular Hbond substituents is 1. The molecule has 0 amide bonds. The predicted molar refractivity (Wildman–Crippen MR) is 257 cm³/mol. The van der Waals surface area contributed by atoms with E-state index >= 15 is 0 Å². The Morgan fingerprint density at radius 1 is 0.635 bits per heavy atom. The molecule has 7 heteroatoms. The van der Waals surface area contributed by atoms with Crippen molar-refractivity contribution in [2.75, 3.05) is 0 Å². The van der Waals surface area contributed by atoms with E-state index in [1.54, 1.807) is 6.33 Å². The second-order valence-electron chi connectivity index (χ2n) is 19.1. The molecule has 0 aliphatic heterocycles. The number of imidazole rings is 1. The summed E-state index contributed by atoms with van der Waals surface area (Å²) >= 11 is 0. The van der Waals surface area contributed by atoms with E-state index in [1.165, 1.54) is 16.6 Å². The van der Waals surface area contributed by atoms with Gasteiger partial charge < -0.3 is 9.51 Å². The fourth-order valence-corrected chi connectivity index (χ4v) is 9.81. The van der Waals surface area contributed by atoms with Crippen molar-refractivity contribution >= 4 is 60.0 Å². The van der Waals surface area contributed by atoms with Gasteiger partial charge in [-0.15, -0.1) is 11.6 Å². The van der Waals surface area contributed by atoms with Gasteiger partial charge in [0, 0.05) is 54.2 Å². The minimum atomic E-state index is -0.328. The third kappa shape index (κ3) is 6.05. The van der Waals surface area contributed by atoms with Crippen LogP contribution in [0.1, 0.15) is 69.5 Å². The number of hydrogen-bond acceptors (Lipinski definition) is 4. The smallest absolute Gasteiger partial charge is 0.148 e. The summed E-state index contributed by atoms with van der Waals surface area (Å²) in [5, 5.41) is 17.9. The second kappa shape index (κ2) is 14.3. The maximum atomic E-state index is 12.5. The number of para-hydroxylation sites is 1. The fraction of sp³-hybridized carbons (Fsp3) is 0.196. The van der Waals surface area contributed by atoms with Gasteiger partial charge in [0.25, 0.3) is 0 Å². The molecule has 314 valence electrons. The fourth-order valence-electron chi connectivity index (χ4n) is 9.81. The molecule has 0 atom stereocenters. The number of hydrogen-bond donors (Lipinski definition) is 1. The van der Waals surface area contributed by atoms with Crippen molar-refractivity contribution in [1.29, 1.82) is 0 Å². The van der Waals surface area contributed by atoms with Gasteiger partial charge in [-0.3, -0.25) is 9.55 Å². The van der Waals surface area contributed by atoms with Crippen LogP contribution < -0.4 is 0 Å². The molecule has 6 nitrogen and oxygen atoms in total. The number of nitrogens with zero attached hydrogens (tertiary/aromatic N) is 5. The Labute approximate surface area is 381 Å². The minimum absolute atomic E-state index is 0. The van der Waals surface area contributed by atoms with Gasteiger partial charge in [0.05, 0.1) is 33.3 Å². The molecule has 0 fully saturated rings. The van der Waals surface area contributed by atoms with Crippen molar-refractivity contribution in [2.24, 2.45) is 0 Å². The molecule has 7 aromatic carbocycles. The summed E-state index contributed by atoms with van der Waals surface area (Å²) < 4.78 is 4.68. The summed E-state index contributed by atoms with van der Waals surface area (Å²) in [7, 11) is 0. The Kier molecular flexibility index (Phi) is 9.26. The summed E-state index contributed by atoms with van der Waals surface area (Å²) in [4.78, 5) is 15.4. The standard InChI is InChI=1S/C56H48N5O.Pt/c1-31-22-25-46(40(26-31)34-16-11-10-12-17-34)61-47-21-15-20-38(49(47)59-54(61)43-27-35(55(4,5)6)28-44(53(43)62)56(7,8)9)41-29-42-50-48-45(57-30-58-50)24-23-36-32(2)33(3)60(52(36)48)51(42)39-19-14-13-18-37(39)41;/h10-28,30,62H,1-9H3;/q-1;. The summed E-state index contributed by atoms with van der Waals surface area (Å²) in [6, 6.07) is 45.0. The first-order valence-corrected chi connectivity index (χ1v) is 21.5. The average Bonchev–Trinajstić information content (AvgIpc) is 3.76. The number of fused-ring (bicyclic) bond motifs is 6. The molecule has 0 saturated carbocycles.